The Hall–Kier alpha value is -1.96. The highest BCUT2D eigenvalue weighted by Crippen LogP contribution is 2.26. The van der Waals surface area contributed by atoms with Gasteiger partial charge >= 0.3 is 0 Å². The number of benzene rings is 2. The quantitative estimate of drug-likeness (QED) is 0.780. The molecule has 23 heavy (non-hydrogen) atoms. The third-order valence-electron chi connectivity index (χ3n) is 3.95. The Morgan fingerprint density at radius 1 is 0.696 bits per heavy atom. The predicted molar refractivity (Wildman–Crippen MR) is 96.1 cm³/mol. The zero-order valence-electron chi connectivity index (χ0n) is 14.6. The lowest BCUT2D eigenvalue weighted by molar-refractivity contribution is 0.462. The van der Waals surface area contributed by atoms with E-state index in [0.29, 0.717) is 23.3 Å². The average Bonchev–Trinajstić information content (AvgIpc) is 2.45. The Morgan fingerprint density at radius 2 is 1.09 bits per heavy atom. The molecule has 0 aromatic heterocycles. The van der Waals surface area contributed by atoms with E-state index in [1.54, 1.807) is 12.1 Å². The molecule has 0 amide bonds. The summed E-state index contributed by atoms with van der Waals surface area (Å²) in [6, 6.07) is 11.8. The van der Waals surface area contributed by atoms with Gasteiger partial charge in [0, 0.05) is 0 Å². The molecular formula is C21H28O2. The van der Waals surface area contributed by atoms with Gasteiger partial charge in [-0.25, -0.2) is 0 Å². The number of phenols is 2. The molecule has 2 aromatic rings. The molecule has 0 aliphatic heterocycles. The second-order valence-electron chi connectivity index (χ2n) is 7.30. The molecule has 2 N–H and O–H groups in total. The van der Waals surface area contributed by atoms with Crippen molar-refractivity contribution in [1.82, 2.24) is 0 Å². The summed E-state index contributed by atoms with van der Waals surface area (Å²) in [5, 5.41) is 20.0. The minimum atomic E-state index is 0.383. The highest BCUT2D eigenvalue weighted by Gasteiger charge is 2.08. The smallest absolute Gasteiger partial charge is 0.118 e. The fourth-order valence-corrected chi connectivity index (χ4v) is 2.94. The van der Waals surface area contributed by atoms with Gasteiger partial charge in [0.1, 0.15) is 11.5 Å². The lowest BCUT2D eigenvalue weighted by Gasteiger charge is -2.12. The second-order valence-corrected chi connectivity index (χ2v) is 7.30. The molecule has 0 bridgehead atoms. The fraction of sp³-hybridized carbons (Fsp3) is 0.429. The molecular weight excluding hydrogens is 284 g/mol. The molecule has 0 radical (unpaired) electrons. The molecule has 2 aromatic carbocycles. The van der Waals surface area contributed by atoms with Crippen LogP contribution in [0.5, 0.6) is 11.5 Å². The summed E-state index contributed by atoms with van der Waals surface area (Å²) in [4.78, 5) is 0. The van der Waals surface area contributed by atoms with Gasteiger partial charge in [-0.2, -0.15) is 0 Å². The zero-order chi connectivity index (χ0) is 17.0. The van der Waals surface area contributed by atoms with E-state index in [1.807, 2.05) is 12.1 Å². The Kier molecular flexibility index (Phi) is 5.70. The molecule has 0 aliphatic rings. The molecule has 2 heteroatoms. The molecule has 0 heterocycles. The van der Waals surface area contributed by atoms with Crippen LogP contribution in [-0.4, -0.2) is 10.2 Å². The van der Waals surface area contributed by atoms with Crippen molar-refractivity contribution in [3.63, 3.8) is 0 Å². The number of aromatic hydroxyl groups is 2. The summed E-state index contributed by atoms with van der Waals surface area (Å²) < 4.78 is 0. The summed E-state index contributed by atoms with van der Waals surface area (Å²) in [5.74, 6) is 1.80. The van der Waals surface area contributed by atoms with Gasteiger partial charge in [0.15, 0.2) is 0 Å². The molecule has 0 fully saturated rings. The first kappa shape index (κ1) is 17.4. The molecule has 0 unspecified atom stereocenters. The number of hydrogen-bond donors (Lipinski definition) is 2. The Morgan fingerprint density at radius 3 is 1.43 bits per heavy atom. The Labute approximate surface area is 139 Å². The molecule has 0 saturated carbocycles. The van der Waals surface area contributed by atoms with Crippen LogP contribution in [0.1, 0.15) is 49.9 Å². The van der Waals surface area contributed by atoms with Crippen molar-refractivity contribution in [1.29, 1.82) is 0 Å². The largest absolute Gasteiger partial charge is 0.508 e. The topological polar surface area (TPSA) is 40.5 Å². The summed E-state index contributed by atoms with van der Waals surface area (Å²) >= 11 is 0. The maximum absolute atomic E-state index is 10.00. The maximum atomic E-state index is 10.00. The van der Waals surface area contributed by atoms with Crippen molar-refractivity contribution in [3.05, 3.63) is 58.7 Å². The van der Waals surface area contributed by atoms with E-state index >= 15 is 0 Å². The normalized spacial score (nSPS) is 11.4. The van der Waals surface area contributed by atoms with Gasteiger partial charge in [-0.15, -0.1) is 0 Å². The van der Waals surface area contributed by atoms with Gasteiger partial charge in [0.05, 0.1) is 0 Å². The minimum Gasteiger partial charge on any atom is -0.508 e. The third-order valence-corrected chi connectivity index (χ3v) is 3.95. The monoisotopic (exact) mass is 312 g/mol. The van der Waals surface area contributed by atoms with Crippen LogP contribution in [-0.2, 0) is 19.3 Å². The molecule has 0 aliphatic carbocycles. The molecule has 2 rings (SSSR count). The van der Waals surface area contributed by atoms with Crippen LogP contribution in [0.25, 0.3) is 0 Å². The highest BCUT2D eigenvalue weighted by atomic mass is 16.3. The van der Waals surface area contributed by atoms with E-state index in [2.05, 4.69) is 39.8 Å². The second kappa shape index (κ2) is 7.54. The van der Waals surface area contributed by atoms with Crippen molar-refractivity contribution in [2.75, 3.05) is 0 Å². The van der Waals surface area contributed by atoms with Crippen molar-refractivity contribution in [3.8, 4) is 11.5 Å². The lowest BCUT2D eigenvalue weighted by Crippen LogP contribution is -1.98. The van der Waals surface area contributed by atoms with Gasteiger partial charge in [-0.05, 0) is 65.5 Å². The average molecular weight is 312 g/mol. The van der Waals surface area contributed by atoms with Gasteiger partial charge in [0.2, 0.25) is 0 Å². The van der Waals surface area contributed by atoms with E-state index in [1.165, 1.54) is 11.1 Å². The van der Waals surface area contributed by atoms with Crippen molar-refractivity contribution < 1.29 is 10.2 Å². The van der Waals surface area contributed by atoms with Crippen molar-refractivity contribution in [2.24, 2.45) is 11.8 Å². The maximum Gasteiger partial charge on any atom is 0.118 e. The molecule has 0 spiro atoms. The summed E-state index contributed by atoms with van der Waals surface area (Å²) in [5.41, 5.74) is 4.41. The van der Waals surface area contributed by atoms with Crippen LogP contribution in [0.4, 0.5) is 0 Å². The van der Waals surface area contributed by atoms with E-state index in [-0.39, 0.29) is 0 Å². The van der Waals surface area contributed by atoms with Gasteiger partial charge in [0.25, 0.3) is 0 Å². The molecule has 124 valence electrons. The van der Waals surface area contributed by atoms with Crippen molar-refractivity contribution in [2.45, 2.75) is 47.0 Å². The Balaban J connectivity index is 2.22. The van der Waals surface area contributed by atoms with E-state index in [9.17, 15) is 10.2 Å². The van der Waals surface area contributed by atoms with Crippen LogP contribution in [0.3, 0.4) is 0 Å². The summed E-state index contributed by atoms with van der Waals surface area (Å²) in [6.45, 7) is 8.63. The third kappa shape index (κ3) is 5.02. The van der Waals surface area contributed by atoms with Gasteiger partial charge in [-0.1, -0.05) is 52.0 Å². The van der Waals surface area contributed by atoms with E-state index in [0.717, 1.165) is 30.4 Å². The van der Waals surface area contributed by atoms with Crippen LogP contribution in [0.15, 0.2) is 36.4 Å². The van der Waals surface area contributed by atoms with Gasteiger partial charge in [-0.3, -0.25) is 0 Å². The standard InChI is InChI=1S/C21H28O2/c1-14(2)9-18-12-16(5-7-20(18)22)11-17-6-8-21(23)19(13-17)10-15(3)4/h5-8,12-15,22-23H,9-11H2,1-4H3. The van der Waals surface area contributed by atoms with Crippen LogP contribution in [0, 0.1) is 11.8 Å². The van der Waals surface area contributed by atoms with E-state index in [4.69, 9.17) is 0 Å². The summed E-state index contributed by atoms with van der Waals surface area (Å²) in [7, 11) is 0. The minimum absolute atomic E-state index is 0.383. The number of phenolic OH excluding ortho intramolecular Hbond substituents is 2. The molecule has 2 nitrogen and oxygen atoms in total. The number of rotatable bonds is 6. The zero-order valence-corrected chi connectivity index (χ0v) is 14.6. The summed E-state index contributed by atoms with van der Waals surface area (Å²) in [6.07, 6.45) is 2.58. The lowest BCUT2D eigenvalue weighted by atomic mass is 9.95. The highest BCUT2D eigenvalue weighted by molar-refractivity contribution is 5.41. The first-order chi connectivity index (χ1) is 10.8. The SMILES string of the molecule is CC(C)Cc1cc(Cc2ccc(O)c(CC(C)C)c2)ccc1O. The Bertz CT molecular complexity index is 599. The number of hydrogen-bond acceptors (Lipinski definition) is 2. The molecule has 0 saturated heterocycles. The fourth-order valence-electron chi connectivity index (χ4n) is 2.94. The molecule has 0 atom stereocenters. The van der Waals surface area contributed by atoms with Crippen LogP contribution >= 0.6 is 0 Å². The van der Waals surface area contributed by atoms with Crippen molar-refractivity contribution >= 4 is 0 Å². The first-order valence-corrected chi connectivity index (χ1v) is 8.46. The predicted octanol–water partition coefficient (Wildman–Crippen LogP) is 5.09. The van der Waals surface area contributed by atoms with Crippen LogP contribution < -0.4 is 0 Å². The van der Waals surface area contributed by atoms with Gasteiger partial charge < -0.3 is 10.2 Å². The van der Waals surface area contributed by atoms with E-state index < -0.39 is 0 Å². The van der Waals surface area contributed by atoms with Crippen LogP contribution in [0.2, 0.25) is 0 Å². The first-order valence-electron chi connectivity index (χ1n) is 8.46.